The molecule has 0 atom stereocenters. The summed E-state index contributed by atoms with van der Waals surface area (Å²) in [5, 5.41) is 2.66. The number of alkyl carbamates (subject to hydrolysis) is 1. The summed E-state index contributed by atoms with van der Waals surface area (Å²) in [6.45, 7) is 9.11. The van der Waals surface area contributed by atoms with Gasteiger partial charge in [0.2, 0.25) is 0 Å². The molecule has 1 N–H and O–H groups in total. The van der Waals surface area contributed by atoms with Crippen molar-refractivity contribution in [1.82, 2.24) is 5.32 Å². The molecule has 0 aliphatic carbocycles. The van der Waals surface area contributed by atoms with E-state index >= 15 is 0 Å². The number of aryl methyl sites for hydroxylation is 1. The van der Waals surface area contributed by atoms with Gasteiger partial charge in [0.05, 0.1) is 13.2 Å². The molecule has 4 nitrogen and oxygen atoms in total. The average molecular weight is 279 g/mol. The summed E-state index contributed by atoms with van der Waals surface area (Å²) < 4.78 is 10.6. The van der Waals surface area contributed by atoms with Gasteiger partial charge in [-0.2, -0.15) is 0 Å². The molecule has 0 spiro atoms. The first-order valence-corrected chi connectivity index (χ1v) is 7.03. The molecule has 1 aromatic rings. The zero-order chi connectivity index (χ0) is 15.0. The molecule has 0 aromatic heterocycles. The summed E-state index contributed by atoms with van der Waals surface area (Å²) in [6.07, 6.45) is 0.634. The predicted octanol–water partition coefficient (Wildman–Crippen LogP) is 3.29. The number of rotatable bonds is 6. The smallest absolute Gasteiger partial charge is 0.407 e. The first-order valence-electron chi connectivity index (χ1n) is 7.03. The van der Waals surface area contributed by atoms with E-state index in [1.54, 1.807) is 0 Å². The Morgan fingerprint density at radius 3 is 2.30 bits per heavy atom. The van der Waals surface area contributed by atoms with Crippen LogP contribution < -0.4 is 5.32 Å². The molecular formula is C16H25NO3. The summed E-state index contributed by atoms with van der Waals surface area (Å²) in [7, 11) is 0. The Morgan fingerprint density at radius 2 is 1.75 bits per heavy atom. The van der Waals surface area contributed by atoms with Crippen molar-refractivity contribution in [2.75, 3.05) is 13.2 Å². The maximum atomic E-state index is 11.4. The quantitative estimate of drug-likeness (QED) is 0.813. The minimum absolute atomic E-state index is 0.409. The van der Waals surface area contributed by atoms with E-state index in [4.69, 9.17) is 9.47 Å². The molecule has 0 bridgehead atoms. The van der Waals surface area contributed by atoms with Crippen LogP contribution in [0.5, 0.6) is 0 Å². The predicted molar refractivity (Wildman–Crippen MR) is 79.7 cm³/mol. The average Bonchev–Trinajstić information content (AvgIpc) is 2.37. The zero-order valence-corrected chi connectivity index (χ0v) is 12.9. The van der Waals surface area contributed by atoms with Crippen molar-refractivity contribution in [2.45, 2.75) is 46.3 Å². The summed E-state index contributed by atoms with van der Waals surface area (Å²) in [4.78, 5) is 11.4. The van der Waals surface area contributed by atoms with E-state index in [1.165, 1.54) is 5.56 Å². The van der Waals surface area contributed by atoms with Gasteiger partial charge in [-0.15, -0.1) is 0 Å². The summed E-state index contributed by atoms with van der Waals surface area (Å²) in [5.41, 5.74) is 1.99. The molecule has 0 unspecified atom stereocenters. The monoisotopic (exact) mass is 279 g/mol. The fourth-order valence-electron chi connectivity index (χ4n) is 1.60. The normalized spacial score (nSPS) is 11.2. The van der Waals surface area contributed by atoms with Crippen LogP contribution in [-0.4, -0.2) is 24.8 Å². The molecule has 0 aliphatic rings. The van der Waals surface area contributed by atoms with Crippen LogP contribution in [0, 0.1) is 0 Å². The third kappa shape index (κ3) is 7.14. The van der Waals surface area contributed by atoms with Crippen molar-refractivity contribution in [1.29, 1.82) is 0 Å². The minimum Gasteiger partial charge on any atom is -0.444 e. The first kappa shape index (κ1) is 16.5. The van der Waals surface area contributed by atoms with Crippen LogP contribution in [0.15, 0.2) is 24.3 Å². The topological polar surface area (TPSA) is 47.6 Å². The Hall–Kier alpha value is -1.55. The number of ether oxygens (including phenoxy) is 2. The number of benzene rings is 1. The standard InChI is InChI=1S/C16H25NO3/c1-5-13-6-8-14(9-7-13)12-19-11-10-17-15(18)20-16(2,3)4/h6-9H,5,10-12H2,1-4H3,(H,17,18). The minimum atomic E-state index is -0.466. The highest BCUT2D eigenvalue weighted by Crippen LogP contribution is 2.07. The zero-order valence-electron chi connectivity index (χ0n) is 12.9. The molecule has 1 aromatic carbocycles. The van der Waals surface area contributed by atoms with Gasteiger partial charge in [-0.1, -0.05) is 31.2 Å². The Balaban J connectivity index is 2.14. The Labute approximate surface area is 121 Å². The maximum Gasteiger partial charge on any atom is 0.407 e. The number of hydrogen-bond donors (Lipinski definition) is 1. The SMILES string of the molecule is CCc1ccc(COCCNC(=O)OC(C)(C)C)cc1. The molecule has 112 valence electrons. The fourth-order valence-corrected chi connectivity index (χ4v) is 1.60. The van der Waals surface area contributed by atoms with Crippen molar-refractivity contribution in [3.05, 3.63) is 35.4 Å². The van der Waals surface area contributed by atoms with Crippen LogP contribution in [0.1, 0.15) is 38.8 Å². The molecule has 4 heteroatoms. The van der Waals surface area contributed by atoms with Crippen LogP contribution in [0.25, 0.3) is 0 Å². The third-order valence-electron chi connectivity index (χ3n) is 2.61. The van der Waals surface area contributed by atoms with Crippen LogP contribution in [-0.2, 0) is 22.5 Å². The lowest BCUT2D eigenvalue weighted by atomic mass is 10.1. The highest BCUT2D eigenvalue weighted by atomic mass is 16.6. The Kier molecular flexibility index (Phi) is 6.52. The van der Waals surface area contributed by atoms with E-state index < -0.39 is 11.7 Å². The van der Waals surface area contributed by atoms with E-state index in [2.05, 4.69) is 36.5 Å². The van der Waals surface area contributed by atoms with Crippen LogP contribution in [0.3, 0.4) is 0 Å². The van der Waals surface area contributed by atoms with E-state index in [0.717, 1.165) is 12.0 Å². The highest BCUT2D eigenvalue weighted by molar-refractivity contribution is 5.67. The van der Waals surface area contributed by atoms with E-state index in [9.17, 15) is 4.79 Å². The lowest BCUT2D eigenvalue weighted by Crippen LogP contribution is -2.34. The van der Waals surface area contributed by atoms with E-state index in [1.807, 2.05) is 20.8 Å². The number of carbonyl (C=O) groups excluding carboxylic acids is 1. The fraction of sp³-hybridized carbons (Fsp3) is 0.562. The Bertz CT molecular complexity index is 407. The van der Waals surface area contributed by atoms with Crippen molar-refractivity contribution < 1.29 is 14.3 Å². The number of carbonyl (C=O) groups is 1. The molecule has 0 saturated carbocycles. The van der Waals surface area contributed by atoms with Gasteiger partial charge in [-0.05, 0) is 38.3 Å². The maximum absolute atomic E-state index is 11.4. The molecule has 0 fully saturated rings. The molecule has 0 radical (unpaired) electrons. The molecule has 20 heavy (non-hydrogen) atoms. The molecule has 0 aliphatic heterocycles. The summed E-state index contributed by atoms with van der Waals surface area (Å²) in [5.74, 6) is 0. The van der Waals surface area contributed by atoms with Gasteiger partial charge < -0.3 is 14.8 Å². The second kappa shape index (κ2) is 7.90. The largest absolute Gasteiger partial charge is 0.444 e. The second-order valence-corrected chi connectivity index (χ2v) is 5.65. The number of amides is 1. The third-order valence-corrected chi connectivity index (χ3v) is 2.61. The van der Waals surface area contributed by atoms with Crippen molar-refractivity contribution in [3.63, 3.8) is 0 Å². The van der Waals surface area contributed by atoms with Crippen LogP contribution in [0.2, 0.25) is 0 Å². The van der Waals surface area contributed by atoms with E-state index in [-0.39, 0.29) is 0 Å². The second-order valence-electron chi connectivity index (χ2n) is 5.65. The van der Waals surface area contributed by atoms with Gasteiger partial charge in [0, 0.05) is 6.54 Å². The van der Waals surface area contributed by atoms with Gasteiger partial charge in [0.15, 0.2) is 0 Å². The van der Waals surface area contributed by atoms with Crippen LogP contribution >= 0.6 is 0 Å². The van der Waals surface area contributed by atoms with Crippen molar-refractivity contribution >= 4 is 6.09 Å². The van der Waals surface area contributed by atoms with Crippen molar-refractivity contribution in [2.24, 2.45) is 0 Å². The summed E-state index contributed by atoms with van der Waals surface area (Å²) in [6, 6.07) is 8.36. The van der Waals surface area contributed by atoms with Gasteiger partial charge in [0.25, 0.3) is 0 Å². The van der Waals surface area contributed by atoms with Gasteiger partial charge in [-0.25, -0.2) is 4.79 Å². The number of hydrogen-bond acceptors (Lipinski definition) is 3. The molecule has 1 amide bonds. The summed E-state index contributed by atoms with van der Waals surface area (Å²) >= 11 is 0. The lowest BCUT2D eigenvalue weighted by molar-refractivity contribution is 0.0494. The number of nitrogens with one attached hydrogen (secondary N) is 1. The van der Waals surface area contributed by atoms with Gasteiger partial charge >= 0.3 is 6.09 Å². The van der Waals surface area contributed by atoms with Gasteiger partial charge in [0.1, 0.15) is 5.60 Å². The molecular weight excluding hydrogens is 254 g/mol. The van der Waals surface area contributed by atoms with E-state index in [0.29, 0.717) is 19.8 Å². The van der Waals surface area contributed by atoms with Crippen LogP contribution in [0.4, 0.5) is 4.79 Å². The lowest BCUT2D eigenvalue weighted by Gasteiger charge is -2.19. The first-order chi connectivity index (χ1) is 9.40. The molecule has 1 rings (SSSR count). The molecule has 0 heterocycles. The molecule has 0 saturated heterocycles. The Morgan fingerprint density at radius 1 is 1.15 bits per heavy atom. The van der Waals surface area contributed by atoms with Crippen molar-refractivity contribution in [3.8, 4) is 0 Å². The van der Waals surface area contributed by atoms with Gasteiger partial charge in [-0.3, -0.25) is 0 Å². The highest BCUT2D eigenvalue weighted by Gasteiger charge is 2.15.